The fourth-order valence-electron chi connectivity index (χ4n) is 4.56. The van der Waals surface area contributed by atoms with E-state index < -0.39 is 5.95 Å². The molecular formula is C20H21ClFN3O. The van der Waals surface area contributed by atoms with Crippen LogP contribution in [0.3, 0.4) is 0 Å². The standard InChI is InChI=1S/C20H21ClFN3O/c1-25-14-9-10-16(25)19(15(11-14)12-5-7-13(21)8-6-12)20(26)24-18-4-2-3-17(22)23-18/h2-8,14-16,19H,9-11H2,1H3,(H,23,24,26)/t14?,15-,16?,19+/m1/s1. The van der Waals surface area contributed by atoms with Gasteiger partial charge in [-0.3, -0.25) is 9.69 Å². The van der Waals surface area contributed by atoms with Crippen LogP contribution in [0, 0.1) is 11.9 Å². The van der Waals surface area contributed by atoms with Crippen molar-refractivity contribution in [2.24, 2.45) is 5.92 Å². The second-order valence-electron chi connectivity index (χ2n) is 7.22. The zero-order valence-electron chi connectivity index (χ0n) is 14.5. The first-order chi connectivity index (χ1) is 12.5. The van der Waals surface area contributed by atoms with Crippen molar-refractivity contribution in [2.45, 2.75) is 37.3 Å². The molecule has 0 aliphatic carbocycles. The van der Waals surface area contributed by atoms with Crippen LogP contribution < -0.4 is 5.32 Å². The molecule has 1 amide bonds. The molecule has 1 aromatic carbocycles. The Kier molecular flexibility index (Phi) is 4.67. The number of aromatic nitrogens is 1. The van der Waals surface area contributed by atoms with E-state index in [0.717, 1.165) is 24.8 Å². The lowest BCUT2D eigenvalue weighted by atomic mass is 9.75. The molecule has 0 radical (unpaired) electrons. The number of halogens is 2. The summed E-state index contributed by atoms with van der Waals surface area (Å²) >= 11 is 6.03. The molecule has 3 heterocycles. The van der Waals surface area contributed by atoms with Crippen molar-refractivity contribution in [2.75, 3.05) is 12.4 Å². The summed E-state index contributed by atoms with van der Waals surface area (Å²) in [4.78, 5) is 19.2. The first-order valence-corrected chi connectivity index (χ1v) is 9.31. The van der Waals surface area contributed by atoms with Crippen LogP contribution in [0.15, 0.2) is 42.5 Å². The molecule has 4 rings (SSSR count). The van der Waals surface area contributed by atoms with Gasteiger partial charge >= 0.3 is 0 Å². The number of nitrogens with zero attached hydrogens (tertiary/aromatic N) is 2. The summed E-state index contributed by atoms with van der Waals surface area (Å²) < 4.78 is 13.4. The highest BCUT2D eigenvalue weighted by Gasteiger charge is 2.49. The Labute approximate surface area is 157 Å². The van der Waals surface area contributed by atoms with E-state index in [9.17, 15) is 9.18 Å². The molecular weight excluding hydrogens is 353 g/mol. The van der Waals surface area contributed by atoms with Gasteiger partial charge in [0.2, 0.25) is 11.9 Å². The monoisotopic (exact) mass is 373 g/mol. The molecule has 4 nitrogen and oxygen atoms in total. The van der Waals surface area contributed by atoms with Crippen LogP contribution in [0.1, 0.15) is 30.7 Å². The van der Waals surface area contributed by atoms with Gasteiger partial charge in [-0.05, 0) is 62.1 Å². The third-order valence-electron chi connectivity index (χ3n) is 5.84. The van der Waals surface area contributed by atoms with E-state index in [1.807, 2.05) is 24.3 Å². The number of nitrogens with one attached hydrogen (secondary N) is 1. The van der Waals surface area contributed by atoms with E-state index in [1.165, 1.54) is 6.07 Å². The number of piperidine rings is 1. The van der Waals surface area contributed by atoms with Crippen LogP contribution in [-0.4, -0.2) is 34.9 Å². The number of hydrogen-bond acceptors (Lipinski definition) is 3. The Balaban J connectivity index is 1.64. The van der Waals surface area contributed by atoms with Crippen molar-refractivity contribution in [3.63, 3.8) is 0 Å². The van der Waals surface area contributed by atoms with Crippen LogP contribution in [0.25, 0.3) is 0 Å². The predicted octanol–water partition coefficient (Wildman–Crippen LogP) is 4.08. The van der Waals surface area contributed by atoms with Crippen LogP contribution >= 0.6 is 11.6 Å². The quantitative estimate of drug-likeness (QED) is 0.824. The van der Waals surface area contributed by atoms with E-state index in [-0.39, 0.29) is 29.6 Å². The predicted molar refractivity (Wildman–Crippen MR) is 99.7 cm³/mol. The van der Waals surface area contributed by atoms with Gasteiger partial charge in [-0.15, -0.1) is 0 Å². The lowest BCUT2D eigenvalue weighted by Gasteiger charge is -2.42. The average molecular weight is 374 g/mol. The molecule has 2 fully saturated rings. The van der Waals surface area contributed by atoms with Crippen LogP contribution in [-0.2, 0) is 4.79 Å². The number of hydrogen-bond donors (Lipinski definition) is 1. The molecule has 2 unspecified atom stereocenters. The van der Waals surface area contributed by atoms with Crippen molar-refractivity contribution in [3.8, 4) is 0 Å². The van der Waals surface area contributed by atoms with Crippen molar-refractivity contribution in [1.82, 2.24) is 9.88 Å². The van der Waals surface area contributed by atoms with Crippen molar-refractivity contribution in [1.29, 1.82) is 0 Å². The zero-order chi connectivity index (χ0) is 18.3. The Morgan fingerprint density at radius 1 is 1.23 bits per heavy atom. The van der Waals surface area contributed by atoms with Gasteiger partial charge in [-0.2, -0.15) is 4.39 Å². The normalized spacial score (nSPS) is 28.1. The van der Waals surface area contributed by atoms with E-state index >= 15 is 0 Å². The van der Waals surface area contributed by atoms with Gasteiger partial charge < -0.3 is 5.32 Å². The molecule has 2 aliphatic rings. The molecule has 0 spiro atoms. The highest BCUT2D eigenvalue weighted by molar-refractivity contribution is 6.30. The number of carbonyl (C=O) groups is 1. The SMILES string of the molecule is CN1C2CCC1[C@@H](C(=O)Nc1cccc(F)n1)[C@@H](c1ccc(Cl)cc1)C2. The van der Waals surface area contributed by atoms with Gasteiger partial charge in [0.25, 0.3) is 0 Å². The Morgan fingerprint density at radius 3 is 2.73 bits per heavy atom. The molecule has 2 aliphatic heterocycles. The lowest BCUT2D eigenvalue weighted by molar-refractivity contribution is -0.124. The average Bonchev–Trinajstić information content (AvgIpc) is 2.85. The number of anilines is 1. The summed E-state index contributed by atoms with van der Waals surface area (Å²) in [7, 11) is 2.10. The maximum absolute atomic E-state index is 13.4. The third kappa shape index (κ3) is 3.21. The van der Waals surface area contributed by atoms with Crippen molar-refractivity contribution >= 4 is 23.3 Å². The smallest absolute Gasteiger partial charge is 0.230 e. The Morgan fingerprint density at radius 2 is 2.00 bits per heavy atom. The lowest BCUT2D eigenvalue weighted by Crippen LogP contribution is -2.50. The van der Waals surface area contributed by atoms with Gasteiger partial charge in [-0.25, -0.2) is 4.98 Å². The minimum atomic E-state index is -0.598. The fourth-order valence-corrected chi connectivity index (χ4v) is 4.69. The number of pyridine rings is 1. The van der Waals surface area contributed by atoms with E-state index in [1.54, 1.807) is 12.1 Å². The number of benzene rings is 1. The molecule has 2 bridgehead atoms. The molecule has 2 saturated heterocycles. The Hall–Kier alpha value is -1.98. The van der Waals surface area contributed by atoms with Gasteiger partial charge in [0.15, 0.2) is 0 Å². The van der Waals surface area contributed by atoms with Crippen LogP contribution in [0.5, 0.6) is 0 Å². The molecule has 4 atom stereocenters. The van der Waals surface area contributed by atoms with E-state index in [0.29, 0.717) is 11.1 Å². The second kappa shape index (κ2) is 6.97. The molecule has 2 aromatic rings. The van der Waals surface area contributed by atoms with Gasteiger partial charge in [0, 0.05) is 17.1 Å². The first-order valence-electron chi connectivity index (χ1n) is 8.94. The molecule has 1 N–H and O–H groups in total. The number of fused-ring (bicyclic) bond motifs is 2. The Bertz CT molecular complexity index is 813. The summed E-state index contributed by atoms with van der Waals surface area (Å²) in [6.07, 6.45) is 3.04. The van der Waals surface area contributed by atoms with Crippen molar-refractivity contribution < 1.29 is 9.18 Å². The number of carbonyl (C=O) groups excluding carboxylic acids is 1. The minimum Gasteiger partial charge on any atom is -0.310 e. The topological polar surface area (TPSA) is 45.2 Å². The molecule has 6 heteroatoms. The molecule has 26 heavy (non-hydrogen) atoms. The maximum atomic E-state index is 13.4. The van der Waals surface area contributed by atoms with Gasteiger partial charge in [-0.1, -0.05) is 29.8 Å². The summed E-state index contributed by atoms with van der Waals surface area (Å²) in [6.45, 7) is 0. The van der Waals surface area contributed by atoms with Gasteiger partial charge in [0.05, 0.1) is 5.92 Å². The highest BCUT2D eigenvalue weighted by Crippen LogP contribution is 2.46. The van der Waals surface area contributed by atoms with Crippen LogP contribution in [0.2, 0.25) is 5.02 Å². The van der Waals surface area contributed by atoms with E-state index in [2.05, 4.69) is 22.2 Å². The second-order valence-corrected chi connectivity index (χ2v) is 7.65. The molecule has 1 aromatic heterocycles. The molecule has 0 saturated carbocycles. The van der Waals surface area contributed by atoms with Gasteiger partial charge in [0.1, 0.15) is 5.82 Å². The van der Waals surface area contributed by atoms with Crippen molar-refractivity contribution in [3.05, 3.63) is 59.0 Å². The molecule has 136 valence electrons. The summed E-state index contributed by atoms with van der Waals surface area (Å²) in [5.41, 5.74) is 1.13. The largest absolute Gasteiger partial charge is 0.310 e. The number of amides is 1. The minimum absolute atomic E-state index is 0.0970. The fraction of sp³-hybridized carbons (Fsp3) is 0.400. The summed E-state index contributed by atoms with van der Waals surface area (Å²) in [6, 6.07) is 12.9. The third-order valence-corrected chi connectivity index (χ3v) is 6.09. The summed E-state index contributed by atoms with van der Waals surface area (Å²) in [5, 5.41) is 3.51. The first kappa shape index (κ1) is 17.4. The number of rotatable bonds is 3. The maximum Gasteiger partial charge on any atom is 0.230 e. The summed E-state index contributed by atoms with van der Waals surface area (Å²) in [5.74, 6) is -0.522. The zero-order valence-corrected chi connectivity index (χ0v) is 15.3. The highest BCUT2D eigenvalue weighted by atomic mass is 35.5. The van der Waals surface area contributed by atoms with E-state index in [4.69, 9.17) is 11.6 Å². The van der Waals surface area contributed by atoms with Crippen LogP contribution in [0.4, 0.5) is 10.2 Å².